The lowest BCUT2D eigenvalue weighted by atomic mass is 10.0. The van der Waals surface area contributed by atoms with Crippen molar-refractivity contribution >= 4 is 134 Å². The predicted octanol–water partition coefficient (Wildman–Crippen LogP) is 22.9. The molecule has 36 heteroatoms. The van der Waals surface area contributed by atoms with Crippen LogP contribution in [0.2, 0.25) is 0 Å². The van der Waals surface area contributed by atoms with E-state index >= 15 is 0 Å². The van der Waals surface area contributed by atoms with Crippen molar-refractivity contribution in [3.63, 3.8) is 0 Å². The summed E-state index contributed by atoms with van der Waals surface area (Å²) in [6.07, 6.45) is 42.3. The third kappa shape index (κ3) is 20.4. The van der Waals surface area contributed by atoms with E-state index in [4.69, 9.17) is 19.9 Å². The number of fused-ring (bicyclic) bond motifs is 8. The van der Waals surface area contributed by atoms with Crippen LogP contribution in [0.4, 0.5) is 22.7 Å². The van der Waals surface area contributed by atoms with Gasteiger partial charge in [-0.2, -0.15) is 20.4 Å². The van der Waals surface area contributed by atoms with Crippen LogP contribution in [0.1, 0.15) is 83.6 Å². The maximum absolute atomic E-state index is 12.2. The third-order valence-corrected chi connectivity index (χ3v) is 24.3. The number of aromatic amines is 8. The van der Waals surface area contributed by atoms with Gasteiger partial charge in [0, 0.05) is 194 Å². The zero-order chi connectivity index (χ0) is 97.1. The molecule has 0 atom stereocenters. The van der Waals surface area contributed by atoms with Crippen LogP contribution in [0.15, 0.2) is 294 Å². The molecule has 12 N–H and O–H groups in total. The van der Waals surface area contributed by atoms with Crippen molar-refractivity contribution in [1.29, 1.82) is 0 Å². The van der Waals surface area contributed by atoms with Crippen LogP contribution in [0.25, 0.3) is 223 Å². The first-order valence-electron chi connectivity index (χ1n) is 46.0. The van der Waals surface area contributed by atoms with Gasteiger partial charge in [0.15, 0.2) is 23.3 Å². The summed E-state index contributed by atoms with van der Waals surface area (Å²) in [5.74, 6) is 2.39. The molecule has 1 fully saturated rings. The normalized spacial score (nSPS) is 11.5. The topological polar surface area (TPSA) is 501 Å². The minimum atomic E-state index is -0.115. The quantitative estimate of drug-likeness (QED) is 0.0337. The lowest BCUT2D eigenvalue weighted by Gasteiger charge is -2.09. The van der Waals surface area contributed by atoms with Crippen LogP contribution in [0.5, 0.6) is 0 Å². The SMILES string of the molecule is C.C.C.C.CC(C)C(=O)Nc1cncc(-c2ccc3[nH]nc(-c4nc5c(-c6ccccc6)cncc5[nH]4)c3c2)c1.CC(C)C(=O)Nc1cncc(-c2ccc3[nH]nc(-c4nc5c(-c6cccnc6)cncc5[nH]4)c3c2)c1.CCC(=O)Nc1cncc(-c2ccc3[nH]nc(-c4nc5c(-c6cncnc6)cncc5[nH]4)c3c2)c1.O=C(Nc1cncc(-c2ccc3[nH]nc(-c4nc5c(-c6cccnc6)cncc5[nH]4)c3c2)c1)C1CC1. The number of pyridine rings is 10. The Hall–Kier alpha value is -19.7. The molecule has 1 aliphatic rings. The van der Waals surface area contributed by atoms with Crippen LogP contribution < -0.4 is 21.3 Å². The van der Waals surface area contributed by atoms with E-state index in [2.05, 4.69) is 154 Å². The smallest absolute Gasteiger partial charge is 0.227 e. The molecule has 4 amide bonds. The van der Waals surface area contributed by atoms with E-state index in [1.807, 2.05) is 180 Å². The largest absolute Gasteiger partial charge is 0.335 e. The number of amides is 4. The average Bonchev–Trinajstić information content (AvgIpc) is 1.63. The van der Waals surface area contributed by atoms with Gasteiger partial charge in [-0.1, -0.05) is 131 Å². The molecule has 0 unspecified atom stereocenters. The van der Waals surface area contributed by atoms with Crippen LogP contribution >= 0.6 is 0 Å². The van der Waals surface area contributed by atoms with E-state index in [-0.39, 0.29) is 71.1 Å². The van der Waals surface area contributed by atoms with Gasteiger partial charge in [0.2, 0.25) is 23.6 Å². The Bertz CT molecular complexity index is 8330. The number of rotatable bonds is 20. The van der Waals surface area contributed by atoms with Gasteiger partial charge in [-0.3, -0.25) is 89.4 Å². The Labute approximate surface area is 840 Å². The Morgan fingerprint density at radius 1 is 0.293 bits per heavy atom. The Morgan fingerprint density at radius 2 is 0.592 bits per heavy atom. The molecule has 5 aromatic carbocycles. The van der Waals surface area contributed by atoms with E-state index in [1.54, 1.807) is 130 Å². The summed E-state index contributed by atoms with van der Waals surface area (Å²) < 4.78 is 0. The van der Waals surface area contributed by atoms with E-state index in [9.17, 15) is 19.2 Å². The summed E-state index contributed by atoms with van der Waals surface area (Å²) in [6.45, 7) is 9.24. The molecule has 36 nitrogen and oxygen atoms in total. The summed E-state index contributed by atoms with van der Waals surface area (Å²) in [5.41, 5.74) is 30.3. The van der Waals surface area contributed by atoms with Gasteiger partial charge in [-0.15, -0.1) is 0 Å². The minimum absolute atomic E-state index is 0. The Kier molecular flexibility index (Phi) is 28.1. The summed E-state index contributed by atoms with van der Waals surface area (Å²) in [5, 5.41) is 45.9. The lowest BCUT2D eigenvalue weighted by Crippen LogP contribution is -2.17. The molecule has 0 aliphatic heterocycles. The van der Waals surface area contributed by atoms with Gasteiger partial charge in [0.25, 0.3) is 0 Å². The number of carbonyl (C=O) groups is 4. The highest BCUT2D eigenvalue weighted by molar-refractivity contribution is 6.05. The fourth-order valence-corrected chi connectivity index (χ4v) is 16.7. The van der Waals surface area contributed by atoms with Crippen LogP contribution in [0, 0.1) is 17.8 Å². The van der Waals surface area contributed by atoms with Crippen molar-refractivity contribution in [2.24, 2.45) is 17.8 Å². The van der Waals surface area contributed by atoms with E-state index < -0.39 is 0 Å². The second-order valence-corrected chi connectivity index (χ2v) is 34.8. The highest BCUT2D eigenvalue weighted by Gasteiger charge is 2.30. The van der Waals surface area contributed by atoms with Gasteiger partial charge in [-0.05, 0) is 126 Å². The summed E-state index contributed by atoms with van der Waals surface area (Å²) >= 11 is 0. The molecular formula is C111H100N32O4. The molecule has 0 radical (unpaired) electrons. The Morgan fingerprint density at radius 3 is 0.912 bits per heavy atom. The molecule has 19 aromatic heterocycles. The van der Waals surface area contributed by atoms with Crippen LogP contribution in [-0.4, -0.2) is 164 Å². The molecule has 1 aliphatic carbocycles. The molecule has 19 heterocycles. The summed E-state index contributed by atoms with van der Waals surface area (Å²) in [6, 6.07) is 49.7. The molecule has 0 saturated heterocycles. The van der Waals surface area contributed by atoms with Crippen molar-refractivity contribution in [3.05, 3.63) is 294 Å². The van der Waals surface area contributed by atoms with Crippen LogP contribution in [-0.2, 0) is 19.2 Å². The van der Waals surface area contributed by atoms with E-state index in [0.717, 1.165) is 195 Å². The van der Waals surface area contributed by atoms with Gasteiger partial charge in [-0.25, -0.2) is 29.9 Å². The van der Waals surface area contributed by atoms with Gasteiger partial charge in [0.05, 0.1) is 122 Å². The molecule has 1 saturated carbocycles. The Balaban J connectivity index is 0.000000127. The van der Waals surface area contributed by atoms with E-state index in [1.165, 1.54) is 6.33 Å². The number of benzene rings is 5. The maximum atomic E-state index is 12.2. The summed E-state index contributed by atoms with van der Waals surface area (Å²) in [4.78, 5) is 133. The van der Waals surface area contributed by atoms with Crippen LogP contribution in [0.3, 0.4) is 0 Å². The lowest BCUT2D eigenvalue weighted by molar-refractivity contribution is -0.119. The molecule has 25 rings (SSSR count). The summed E-state index contributed by atoms with van der Waals surface area (Å²) in [7, 11) is 0. The number of H-pyrrole nitrogens is 8. The number of hydrogen-bond donors (Lipinski definition) is 12. The fourth-order valence-electron chi connectivity index (χ4n) is 16.7. The highest BCUT2D eigenvalue weighted by Crippen LogP contribution is 2.41. The first-order chi connectivity index (χ1) is 70.0. The molecule has 0 bridgehead atoms. The fraction of sp³-hybridized carbons (Fsp3) is 0.135. The number of nitrogens with zero attached hydrogens (tertiary/aromatic N) is 20. The zero-order valence-electron chi connectivity index (χ0n) is 77.1. The van der Waals surface area contributed by atoms with Crippen molar-refractivity contribution in [2.45, 2.75) is 83.6 Å². The van der Waals surface area contributed by atoms with Gasteiger partial charge < -0.3 is 41.2 Å². The van der Waals surface area contributed by atoms with Crippen molar-refractivity contribution in [1.82, 2.24) is 140 Å². The molecule has 147 heavy (non-hydrogen) atoms. The second kappa shape index (κ2) is 42.4. The van der Waals surface area contributed by atoms with Crippen molar-refractivity contribution < 1.29 is 19.2 Å². The maximum Gasteiger partial charge on any atom is 0.227 e. The van der Waals surface area contributed by atoms with E-state index in [0.29, 0.717) is 69.5 Å². The van der Waals surface area contributed by atoms with Crippen molar-refractivity contribution in [2.75, 3.05) is 21.3 Å². The minimum Gasteiger partial charge on any atom is -0.335 e. The first-order valence-corrected chi connectivity index (χ1v) is 46.0. The molecule has 24 aromatic rings. The monoisotopic (exact) mass is 1940 g/mol. The first kappa shape index (κ1) is 97.5. The second-order valence-electron chi connectivity index (χ2n) is 34.8. The molecule has 0 spiro atoms. The number of carbonyl (C=O) groups excluding carboxylic acids is 4. The predicted molar refractivity (Wildman–Crippen MR) is 576 cm³/mol. The number of nitrogens with one attached hydrogen (secondary N) is 12. The average molecular weight is 1950 g/mol. The zero-order valence-corrected chi connectivity index (χ0v) is 77.1. The van der Waals surface area contributed by atoms with Gasteiger partial charge >= 0.3 is 0 Å². The molecule has 728 valence electrons. The van der Waals surface area contributed by atoms with Gasteiger partial charge in [0.1, 0.15) is 45.7 Å². The highest BCUT2D eigenvalue weighted by atomic mass is 16.2. The number of anilines is 4. The van der Waals surface area contributed by atoms with Crippen molar-refractivity contribution in [3.8, 4) is 135 Å². The molecular weight excluding hydrogens is 1850 g/mol. The standard InChI is InChI=1S/C28H23N7O.C27H20N8O.C27H22N8O.C25H19N9O.4CH4/c1-16(2)28(36)31-20-10-19(12-29-13-20)18-8-9-23-21(11-18)26(35-34-23)27-32-24-15-30-14-22(25(24)33-27)17-6-4-3-5-7-17;36-27(15-3-4-15)31-19-8-18(11-29-12-19)16-5-6-22-20(9-16)25(35-34-22)26-32-23-14-30-13-21(24(23)33-26)17-2-1-7-28-10-17;1-15(2)27(36)31-19-8-18(11-29-12-19)16-5-6-22-20(9-16)25(35-34-22)26-32-23-14-30-13-21(24(23)33-26)17-4-3-7-28-10-17;1-2-22(35)30-17-5-15(7-26-10-17)14-3-4-20-18(6-14)24(34-33-20)25-31-21-12-27-11-19(23(21)32-25)16-8-28-13-29-9-16;;;;/h3-16H,1-2H3,(H,31,36)(H,32,33)(H,34,35);1-2,5-15H,3-4H2,(H,31,36)(H,32,33)(H,34,35);3-15H,1-2H3,(H,31,36)(H,32,33)(H,34,35);3-13H,2H2,1H3,(H,30,35)(H,31,32)(H,33,34);4*1H4. The third-order valence-electron chi connectivity index (χ3n) is 24.3. The number of imidazole rings is 4. The number of hydrogen-bond acceptors (Lipinski definition) is 24. The number of aromatic nitrogens is 28.